The molecular weight excluding hydrogens is 1910 g/mol. The number of ether oxygens (including phenoxy) is 3. The standard InChI is InChI=1S/C46H56N6O5S.C37H42N4O6S.C11H16N5O.C9H16N2.C5H11NO.BF4/c1-27(2)58(55,56)48-45(53)31-15-17-39-40(21-31)51-24-33(19-32-20-37(57-4)16-18-38(32)44(51)42(39)30-9-6-5-7-10-30)43-41(28(3)47-52(43)34-11-8-12-34)46(54)50-26-35-22-36(50)25-49(35)23-29-13-14-29;1-21(2)48(45,46)39-36(42)24-13-15-30-31(19-24)40-20-26(34-32(37(43)44)22(3)38-41(34)27-11-8-12-27)17-25-18-28(47-4)14-16-29(25)35(40)33(30)23-9-6-5-7-10-23;1-14(2)11(15(3)4)17-16-10-8-6-5-7-9(10)12-13-16;1-2-7(1)5-11-6-8-3-9(11)4-10-8;1-6-2-4-7-5-3-6;2-1(3,4)5/h15-21,27,29-30,34-36H,5-14,22-26H2,1-4H3,(H,48,53);13-19,21,23,27H,5-12,20H2,1-4H3,(H,39,42)(H,43,44);5-8H,1-4H3;7-10H,1-6H2;2-5H2,1H3;/q;;+1;;;-1/t35-,36-;;;8-,9-;;/m0..0../s1. The molecule has 0 spiro atoms. The van der Waals surface area contributed by atoms with Crippen molar-refractivity contribution < 1.29 is 82.0 Å². The van der Waals surface area contributed by atoms with Crippen molar-refractivity contribution in [3.63, 3.8) is 0 Å². The normalized spacial score (nSPS) is 20.6. The predicted octanol–water partition coefficient (Wildman–Crippen LogP) is 17.0. The Balaban J connectivity index is 0.000000140. The van der Waals surface area contributed by atoms with Gasteiger partial charge >= 0.3 is 19.2 Å². The third-order valence-electron chi connectivity index (χ3n) is 31.5. The lowest BCUT2D eigenvalue weighted by molar-refractivity contribution is -0.480. The number of likely N-dealkylation sites (N-methyl/N-ethyl adjacent to an activating group) is 1. The van der Waals surface area contributed by atoms with Crippen LogP contribution in [0, 0.1) is 25.7 Å². The molecule has 23 rings (SSSR count). The molecule has 6 aliphatic carbocycles. The highest BCUT2D eigenvalue weighted by molar-refractivity contribution is 7.90. The van der Waals surface area contributed by atoms with Crippen LogP contribution in [0.3, 0.4) is 0 Å². The maximum atomic E-state index is 15.1. The van der Waals surface area contributed by atoms with Crippen LogP contribution in [0.4, 0.5) is 17.3 Å². The fourth-order valence-corrected chi connectivity index (χ4v) is 24.2. The molecule has 12 heterocycles. The fraction of sp³-hybridized carbons (Fsp3) is 0.546. The van der Waals surface area contributed by atoms with Gasteiger partial charge in [-0.25, -0.2) is 40.5 Å². The number of fused-ring (bicyclic) bond motifs is 15. The maximum absolute atomic E-state index is 15.1. The number of sulfonamides is 2. The van der Waals surface area contributed by atoms with Crippen LogP contribution < -0.4 is 29.1 Å². The first-order chi connectivity index (χ1) is 69.9. The number of halogens is 4. The van der Waals surface area contributed by atoms with Gasteiger partial charge in [0.05, 0.1) is 131 Å². The van der Waals surface area contributed by atoms with Gasteiger partial charge in [0.1, 0.15) is 28.1 Å². The molecule has 0 unspecified atom stereocenters. The molecule has 38 heteroatoms. The number of carbonyl (C=O) groups excluding carboxylic acids is 3. The number of para-hydroxylation sites is 1. The fourth-order valence-electron chi connectivity index (χ4n) is 23.0. The molecular formula is C108H141BF4N18O13S2. The molecule has 3 amide bonds. The number of carbonyl (C=O) groups is 4. The number of hydrogen-bond acceptors (Lipinski definition) is 20. The van der Waals surface area contributed by atoms with Crippen molar-refractivity contribution in [2.45, 2.75) is 254 Å². The van der Waals surface area contributed by atoms with Crippen LogP contribution in [0.25, 0.3) is 78.7 Å². The molecule has 6 saturated carbocycles. The highest BCUT2D eigenvalue weighted by Crippen LogP contribution is 2.53. The van der Waals surface area contributed by atoms with Crippen LogP contribution in [-0.2, 0) is 37.9 Å². The number of benzene rings is 5. The Morgan fingerprint density at radius 1 is 0.568 bits per heavy atom. The number of allylic oxidation sites excluding steroid dienone is 2. The van der Waals surface area contributed by atoms with E-state index >= 15 is 4.79 Å². The van der Waals surface area contributed by atoms with Gasteiger partial charge in [0.2, 0.25) is 20.0 Å². The van der Waals surface area contributed by atoms with Crippen LogP contribution in [0.15, 0.2) is 97.1 Å². The van der Waals surface area contributed by atoms with E-state index in [9.17, 15) is 53.6 Å². The minimum atomic E-state index is -6.00. The molecule has 5 aromatic carbocycles. The summed E-state index contributed by atoms with van der Waals surface area (Å²) >= 11 is 0. The second kappa shape index (κ2) is 43.9. The molecule has 11 fully saturated rings. The second-order valence-electron chi connectivity index (χ2n) is 42.9. The largest absolute Gasteiger partial charge is 0.673 e. The lowest BCUT2D eigenvalue weighted by Gasteiger charge is -2.34. The van der Waals surface area contributed by atoms with Crippen molar-refractivity contribution in [1.82, 2.24) is 83.1 Å². The molecule has 4 atom stereocenters. The molecule has 4 bridgehead atoms. The van der Waals surface area contributed by atoms with Crippen molar-refractivity contribution in [2.75, 3.05) is 115 Å². The summed E-state index contributed by atoms with van der Waals surface area (Å²) in [5, 5.41) is 32.6. The van der Waals surface area contributed by atoms with Gasteiger partial charge in [-0.05, 0) is 299 Å². The topological polar surface area (TPSA) is 325 Å². The molecule has 0 radical (unpaired) electrons. The number of nitrogens with zero attached hydrogens (tertiary/aromatic N) is 15. The number of amidine groups is 1. The van der Waals surface area contributed by atoms with Crippen LogP contribution in [-0.4, -0.2) is 282 Å². The lowest BCUT2D eigenvalue weighted by Crippen LogP contribution is -2.49. The summed E-state index contributed by atoms with van der Waals surface area (Å²) in [4.78, 5) is 73.7. The zero-order valence-corrected chi connectivity index (χ0v) is 88.0. The monoisotopic (exact) mass is 2050 g/mol. The average molecular weight is 2050 g/mol. The number of nitrogens with one attached hydrogen (secondary N) is 3. The van der Waals surface area contributed by atoms with Crippen molar-refractivity contribution in [2.24, 2.45) is 11.8 Å². The molecule has 4 N–H and O–H groups in total. The average Bonchev–Trinajstić information content (AvgIpc) is 1.56. The predicted molar refractivity (Wildman–Crippen MR) is 560 cm³/mol. The summed E-state index contributed by atoms with van der Waals surface area (Å²) < 4.78 is 122. The van der Waals surface area contributed by atoms with Crippen molar-refractivity contribution >= 4 is 113 Å². The number of aryl methyl sites for hydroxylation is 2. The van der Waals surface area contributed by atoms with Crippen LogP contribution in [0.2, 0.25) is 0 Å². The summed E-state index contributed by atoms with van der Waals surface area (Å²) in [5.74, 6) is 1.73. The van der Waals surface area contributed by atoms with Gasteiger partial charge in [-0.3, -0.25) is 38.4 Å². The maximum Gasteiger partial charge on any atom is 0.673 e. The third-order valence-corrected chi connectivity index (χ3v) is 34.9. The molecule has 146 heavy (non-hydrogen) atoms. The SMILES string of the molecule is C1CC1CN1C[C@@H]2C[C@H]1CN2.CN(C)C(On1nnc2ccccc21)=[N+](C)C.CN1CCOCC1.COc1ccc2c(c1)C=C(c1c(C(=O)N3C[C@@H]4C[C@H]3CN4CC3CC3)c(C)nn1C1CCC1)Cn1c-2c(C2CCCCC2)c2ccc(C(=O)NS(=O)(=O)C(C)C)cc21.COc1ccc2c(c1)C=C(c1c(C(=O)O)c(C)nn1C1CCC1)Cn1c-2c(C2CCCCC2)c2ccc(C(=O)NS(=O)(=O)C(C)C)cc21.F[B-](F)(F)F. The first-order valence-electron chi connectivity index (χ1n) is 52.4. The number of hydrogen-bond donors (Lipinski definition) is 4. The van der Waals surface area contributed by atoms with E-state index in [1.807, 2.05) is 110 Å². The number of methoxy groups -OCH3 is 2. The summed E-state index contributed by atoms with van der Waals surface area (Å²) in [6.45, 7) is 21.6. The Morgan fingerprint density at radius 2 is 1.05 bits per heavy atom. The van der Waals surface area contributed by atoms with Gasteiger partial charge < -0.3 is 60.8 Å². The number of morpholine rings is 1. The first kappa shape index (κ1) is 105. The lowest BCUT2D eigenvalue weighted by atomic mass is 9.81. The number of carboxylic acids is 1. The molecule has 10 aromatic rings. The Morgan fingerprint density at radius 3 is 1.45 bits per heavy atom. The molecule has 13 aliphatic rings. The smallest absolute Gasteiger partial charge is 0.497 e. The minimum absolute atomic E-state index is 0.0819. The molecule has 31 nitrogen and oxygen atoms in total. The summed E-state index contributed by atoms with van der Waals surface area (Å²) in [5.41, 5.74) is 18.0. The van der Waals surface area contributed by atoms with Crippen LogP contribution in [0.1, 0.15) is 279 Å². The molecule has 784 valence electrons. The van der Waals surface area contributed by atoms with Crippen LogP contribution in [0.5, 0.6) is 11.5 Å². The van der Waals surface area contributed by atoms with E-state index in [0.717, 1.165) is 261 Å². The van der Waals surface area contributed by atoms with Gasteiger partial charge in [-0.2, -0.15) is 10.2 Å². The van der Waals surface area contributed by atoms with Gasteiger partial charge in [-0.1, -0.05) is 67.6 Å². The number of rotatable bonds is 21. The first-order valence-corrected chi connectivity index (χ1v) is 55.5. The van der Waals surface area contributed by atoms with E-state index in [4.69, 9.17) is 29.2 Å². The van der Waals surface area contributed by atoms with Crippen LogP contribution >= 0.6 is 0 Å². The highest BCUT2D eigenvalue weighted by Gasteiger charge is 2.49. The highest BCUT2D eigenvalue weighted by atomic mass is 32.2. The van der Waals surface area contributed by atoms with E-state index in [-0.39, 0.29) is 35.2 Å². The Kier molecular flexibility index (Phi) is 31.4. The summed E-state index contributed by atoms with van der Waals surface area (Å²) in [6, 6.07) is 34.5. The second-order valence-corrected chi connectivity index (χ2v) is 47.4. The van der Waals surface area contributed by atoms with Gasteiger partial charge in [0, 0.05) is 121 Å². The number of carboxylic acid groups (broad SMARTS) is 1. The quantitative estimate of drug-likeness (QED) is 0.0171. The zero-order valence-electron chi connectivity index (χ0n) is 86.3. The minimum Gasteiger partial charge on any atom is -0.497 e. The summed E-state index contributed by atoms with van der Waals surface area (Å²) in [6.07, 6.45) is 29.8. The number of aromatic nitrogens is 9. The summed E-state index contributed by atoms with van der Waals surface area (Å²) in [7, 11) is -0.587. The zero-order chi connectivity index (χ0) is 103. The number of amides is 3. The number of aromatic carboxylic acids is 1. The van der Waals surface area contributed by atoms with Crippen molar-refractivity contribution in [3.8, 4) is 34.0 Å². The third kappa shape index (κ3) is 22.8. The molecule has 5 aromatic heterocycles. The van der Waals surface area contributed by atoms with E-state index < -0.39 is 55.6 Å². The van der Waals surface area contributed by atoms with Gasteiger partial charge in [0.15, 0.2) is 0 Å². The Bertz CT molecular complexity index is 6880. The molecule has 7 aliphatic heterocycles. The molecule has 5 saturated heterocycles. The van der Waals surface area contributed by atoms with E-state index in [0.29, 0.717) is 65.3 Å². The van der Waals surface area contributed by atoms with Crippen molar-refractivity contribution in [3.05, 3.63) is 164 Å². The van der Waals surface area contributed by atoms with Crippen molar-refractivity contribution in [1.29, 1.82) is 0 Å². The van der Waals surface area contributed by atoms with Gasteiger partial charge in [0.25, 0.3) is 17.7 Å². The van der Waals surface area contributed by atoms with E-state index in [1.165, 1.54) is 94.4 Å². The van der Waals surface area contributed by atoms with E-state index in [1.54, 1.807) is 53.2 Å². The number of likely N-dealkylation sites (tertiary alicyclic amines) is 3. The Hall–Kier alpha value is -11.3. The number of piperazine rings is 2. The van der Waals surface area contributed by atoms with E-state index in [2.05, 4.69) is 95.9 Å². The van der Waals surface area contributed by atoms with Gasteiger partial charge in [-0.15, -0.1) is 5.10 Å². The Labute approximate surface area is 852 Å².